The number of rotatable bonds is 12. The van der Waals surface area contributed by atoms with Crippen molar-refractivity contribution in [1.82, 2.24) is 4.57 Å². The molecule has 0 aliphatic carbocycles. The molecule has 1 heterocycles. The minimum atomic E-state index is -0.416. The molecule has 27 heavy (non-hydrogen) atoms. The molecule has 5 nitrogen and oxygen atoms in total. The molecular formula is C22H33NO4. The van der Waals surface area contributed by atoms with Crippen LogP contribution in [0, 0.1) is 0 Å². The Kier molecular flexibility index (Phi) is 8.49. The van der Waals surface area contributed by atoms with Crippen LogP contribution in [0.15, 0.2) is 23.0 Å². The molecular weight excluding hydrogens is 342 g/mol. The van der Waals surface area contributed by atoms with Gasteiger partial charge in [0.25, 0.3) is 5.56 Å². The van der Waals surface area contributed by atoms with Crippen molar-refractivity contribution in [2.24, 2.45) is 0 Å². The number of aromatic hydroxyl groups is 1. The Hall–Kier alpha value is -2.17. The van der Waals surface area contributed by atoms with E-state index in [0.717, 1.165) is 35.9 Å². The summed E-state index contributed by atoms with van der Waals surface area (Å²) in [4.78, 5) is 12.6. The highest BCUT2D eigenvalue weighted by atomic mass is 16.5. The number of hydrogen-bond acceptors (Lipinski definition) is 4. The zero-order valence-corrected chi connectivity index (χ0v) is 16.9. The van der Waals surface area contributed by atoms with Gasteiger partial charge in [0.15, 0.2) is 5.75 Å². The van der Waals surface area contributed by atoms with Gasteiger partial charge in [0, 0.05) is 18.0 Å². The third kappa shape index (κ3) is 5.41. The summed E-state index contributed by atoms with van der Waals surface area (Å²) in [6, 6.07) is 5.60. The van der Waals surface area contributed by atoms with Crippen molar-refractivity contribution in [2.75, 3.05) is 13.7 Å². The minimum absolute atomic E-state index is 0.227. The molecule has 0 aliphatic heterocycles. The maximum Gasteiger partial charge on any atom is 0.297 e. The van der Waals surface area contributed by atoms with Gasteiger partial charge in [-0.05, 0) is 25.0 Å². The number of methoxy groups -OCH3 is 1. The lowest BCUT2D eigenvalue weighted by Gasteiger charge is -2.15. The lowest BCUT2D eigenvalue weighted by molar-refractivity contribution is 0.304. The second kappa shape index (κ2) is 10.9. The Morgan fingerprint density at radius 3 is 2.41 bits per heavy atom. The van der Waals surface area contributed by atoms with E-state index in [0.29, 0.717) is 13.2 Å². The molecule has 0 amide bonds. The number of pyridine rings is 1. The van der Waals surface area contributed by atoms with Crippen LogP contribution in [0.5, 0.6) is 17.2 Å². The number of ether oxygens (including phenoxy) is 2. The van der Waals surface area contributed by atoms with Gasteiger partial charge in [0.1, 0.15) is 5.75 Å². The summed E-state index contributed by atoms with van der Waals surface area (Å²) in [5.41, 5.74) is 0.324. The second-order valence-corrected chi connectivity index (χ2v) is 6.99. The van der Waals surface area contributed by atoms with Gasteiger partial charge in [-0.1, -0.05) is 52.4 Å². The van der Waals surface area contributed by atoms with Gasteiger partial charge in [-0.3, -0.25) is 4.79 Å². The van der Waals surface area contributed by atoms with Gasteiger partial charge in [-0.25, -0.2) is 0 Å². The summed E-state index contributed by atoms with van der Waals surface area (Å²) in [6.45, 7) is 5.53. The van der Waals surface area contributed by atoms with E-state index in [-0.39, 0.29) is 11.5 Å². The topological polar surface area (TPSA) is 60.7 Å². The summed E-state index contributed by atoms with van der Waals surface area (Å²) in [7, 11) is 1.47. The largest absolute Gasteiger partial charge is 0.500 e. The molecule has 0 aliphatic rings. The number of unbranched alkanes of at least 4 members (excludes halogenated alkanes) is 6. The van der Waals surface area contributed by atoms with E-state index >= 15 is 0 Å². The SMILES string of the molecule is CCCCCCCCOc1ccc2c(OC)c(O)c(=O)n(CCCC)c2c1. The first-order valence-electron chi connectivity index (χ1n) is 10.2. The van der Waals surface area contributed by atoms with Crippen molar-refractivity contribution in [3.05, 3.63) is 28.6 Å². The molecule has 0 fully saturated rings. The van der Waals surface area contributed by atoms with Crippen molar-refractivity contribution < 1.29 is 14.6 Å². The number of fused-ring (bicyclic) bond motifs is 1. The molecule has 0 unspecified atom stereocenters. The van der Waals surface area contributed by atoms with Crippen molar-refractivity contribution in [1.29, 1.82) is 0 Å². The Labute approximate surface area is 161 Å². The first-order valence-corrected chi connectivity index (χ1v) is 10.2. The Balaban J connectivity index is 2.18. The Morgan fingerprint density at radius 1 is 1.00 bits per heavy atom. The second-order valence-electron chi connectivity index (χ2n) is 6.99. The summed E-state index contributed by atoms with van der Waals surface area (Å²) in [6.07, 6.45) is 9.14. The van der Waals surface area contributed by atoms with E-state index in [4.69, 9.17) is 9.47 Å². The average molecular weight is 376 g/mol. The first-order chi connectivity index (χ1) is 13.1. The molecule has 0 bridgehead atoms. The van der Waals surface area contributed by atoms with E-state index < -0.39 is 5.56 Å². The Morgan fingerprint density at radius 2 is 1.70 bits per heavy atom. The minimum Gasteiger partial charge on any atom is -0.500 e. The van der Waals surface area contributed by atoms with Crippen LogP contribution in [-0.4, -0.2) is 23.4 Å². The van der Waals surface area contributed by atoms with Crippen molar-refractivity contribution in [3.63, 3.8) is 0 Å². The summed E-state index contributed by atoms with van der Waals surface area (Å²) in [5, 5.41) is 10.9. The monoisotopic (exact) mass is 375 g/mol. The lowest BCUT2D eigenvalue weighted by atomic mass is 10.1. The molecule has 1 aromatic heterocycles. The molecule has 1 N–H and O–H groups in total. The fraction of sp³-hybridized carbons (Fsp3) is 0.591. The quantitative estimate of drug-likeness (QED) is 0.514. The standard InChI is InChI=1S/C22H33NO4/c1-4-6-8-9-10-11-15-27-17-12-13-18-19(16-17)23(14-7-5-2)22(25)20(24)21(18)26-3/h12-13,16,24H,4-11,14-15H2,1-3H3. The number of hydrogen-bond donors (Lipinski definition) is 1. The van der Waals surface area contributed by atoms with Gasteiger partial charge in [-0.2, -0.15) is 0 Å². The highest BCUT2D eigenvalue weighted by molar-refractivity contribution is 5.88. The van der Waals surface area contributed by atoms with Crippen molar-refractivity contribution >= 4 is 10.9 Å². The van der Waals surface area contributed by atoms with E-state index in [1.54, 1.807) is 4.57 Å². The normalized spacial score (nSPS) is 11.1. The third-order valence-corrected chi connectivity index (χ3v) is 4.87. The van der Waals surface area contributed by atoms with Crippen LogP contribution < -0.4 is 15.0 Å². The van der Waals surface area contributed by atoms with Crippen LogP contribution in [0.2, 0.25) is 0 Å². The van der Waals surface area contributed by atoms with Gasteiger partial charge in [0.05, 0.1) is 19.2 Å². The third-order valence-electron chi connectivity index (χ3n) is 4.87. The number of benzene rings is 1. The van der Waals surface area contributed by atoms with Crippen LogP contribution in [0.4, 0.5) is 0 Å². The molecule has 0 radical (unpaired) electrons. The van der Waals surface area contributed by atoms with Gasteiger partial charge < -0.3 is 19.1 Å². The fourth-order valence-corrected chi connectivity index (χ4v) is 3.30. The highest BCUT2D eigenvalue weighted by Gasteiger charge is 2.17. The van der Waals surface area contributed by atoms with E-state index in [9.17, 15) is 9.90 Å². The molecule has 150 valence electrons. The van der Waals surface area contributed by atoms with Crippen LogP contribution >= 0.6 is 0 Å². The fourth-order valence-electron chi connectivity index (χ4n) is 3.30. The summed E-state index contributed by atoms with van der Waals surface area (Å²) < 4.78 is 12.8. The number of aryl methyl sites for hydroxylation is 1. The van der Waals surface area contributed by atoms with Crippen LogP contribution in [0.3, 0.4) is 0 Å². The maximum absolute atomic E-state index is 12.6. The van der Waals surface area contributed by atoms with Gasteiger partial charge in [-0.15, -0.1) is 0 Å². The highest BCUT2D eigenvalue weighted by Crippen LogP contribution is 2.33. The number of nitrogens with zero attached hydrogens (tertiary/aromatic N) is 1. The summed E-state index contributed by atoms with van der Waals surface area (Å²) >= 11 is 0. The average Bonchev–Trinajstić information content (AvgIpc) is 2.68. The molecule has 0 saturated carbocycles. The maximum atomic E-state index is 12.6. The zero-order valence-electron chi connectivity index (χ0n) is 16.9. The van der Waals surface area contributed by atoms with E-state index in [1.165, 1.54) is 39.2 Å². The van der Waals surface area contributed by atoms with E-state index in [1.807, 2.05) is 18.2 Å². The first kappa shape index (κ1) is 21.1. The smallest absolute Gasteiger partial charge is 0.297 e. The zero-order chi connectivity index (χ0) is 19.6. The predicted octanol–water partition coefficient (Wildman–Crippen LogP) is 5.26. The van der Waals surface area contributed by atoms with Crippen LogP contribution in [-0.2, 0) is 6.54 Å². The van der Waals surface area contributed by atoms with Gasteiger partial charge >= 0.3 is 0 Å². The lowest BCUT2D eigenvalue weighted by Crippen LogP contribution is -2.21. The molecule has 0 spiro atoms. The Bertz CT molecular complexity index is 782. The molecule has 2 aromatic rings. The van der Waals surface area contributed by atoms with E-state index in [2.05, 4.69) is 13.8 Å². The van der Waals surface area contributed by atoms with Crippen molar-refractivity contribution in [2.45, 2.75) is 71.8 Å². The van der Waals surface area contributed by atoms with Crippen LogP contribution in [0.1, 0.15) is 65.2 Å². The van der Waals surface area contributed by atoms with Crippen LogP contribution in [0.25, 0.3) is 10.9 Å². The van der Waals surface area contributed by atoms with Gasteiger partial charge in [0.2, 0.25) is 5.75 Å². The number of aromatic nitrogens is 1. The molecule has 0 saturated heterocycles. The summed E-state index contributed by atoms with van der Waals surface area (Å²) in [5.74, 6) is 0.639. The molecule has 1 aromatic carbocycles. The molecule has 0 atom stereocenters. The van der Waals surface area contributed by atoms with Crippen molar-refractivity contribution in [3.8, 4) is 17.2 Å². The molecule has 5 heteroatoms. The predicted molar refractivity (Wildman–Crippen MR) is 110 cm³/mol. The molecule has 2 rings (SSSR count).